The Morgan fingerprint density at radius 3 is 2.67 bits per heavy atom. The second-order valence-electron chi connectivity index (χ2n) is 6.21. The van der Waals surface area contributed by atoms with Gasteiger partial charge in [0.1, 0.15) is 5.75 Å². The summed E-state index contributed by atoms with van der Waals surface area (Å²) in [5, 5.41) is 7.75. The van der Waals surface area contributed by atoms with E-state index >= 15 is 0 Å². The molecule has 5 heteroatoms. The molecule has 0 aliphatic carbocycles. The second kappa shape index (κ2) is 7.21. The molecule has 0 radical (unpaired) electrons. The second-order valence-corrected chi connectivity index (χ2v) is 7.07. The van der Waals surface area contributed by atoms with Crippen molar-refractivity contribution in [1.82, 2.24) is 4.98 Å². The van der Waals surface area contributed by atoms with E-state index in [9.17, 15) is 4.79 Å². The zero-order valence-corrected chi connectivity index (χ0v) is 15.8. The Morgan fingerprint density at radius 1 is 1.04 bits per heavy atom. The number of thiazole rings is 1. The summed E-state index contributed by atoms with van der Waals surface area (Å²) in [5.41, 5.74) is 3.29. The molecule has 0 bridgehead atoms. The molecule has 1 heterocycles. The van der Waals surface area contributed by atoms with Crippen LogP contribution in [-0.4, -0.2) is 18.0 Å². The van der Waals surface area contributed by atoms with Crippen LogP contribution in [0.2, 0.25) is 0 Å². The van der Waals surface area contributed by atoms with E-state index in [0.29, 0.717) is 16.4 Å². The molecule has 134 valence electrons. The number of methoxy groups -OCH3 is 1. The molecule has 0 saturated heterocycles. The lowest BCUT2D eigenvalue weighted by Crippen LogP contribution is -2.13. The summed E-state index contributed by atoms with van der Waals surface area (Å²) in [6.07, 6.45) is 0. The quantitative estimate of drug-likeness (QED) is 0.511. The van der Waals surface area contributed by atoms with E-state index in [2.05, 4.69) is 34.6 Å². The van der Waals surface area contributed by atoms with Crippen LogP contribution >= 0.6 is 11.3 Å². The fourth-order valence-corrected chi connectivity index (χ4v) is 3.79. The number of aryl methyl sites for hydroxylation is 1. The first-order valence-corrected chi connectivity index (χ1v) is 9.43. The number of carbonyl (C=O) groups is 1. The van der Waals surface area contributed by atoms with Crippen molar-refractivity contribution in [2.24, 2.45) is 0 Å². The number of hydrogen-bond acceptors (Lipinski definition) is 4. The maximum atomic E-state index is 12.6. The number of fused-ring (bicyclic) bond motifs is 1. The lowest BCUT2D eigenvalue weighted by atomic mass is 10.1. The zero-order chi connectivity index (χ0) is 18.8. The van der Waals surface area contributed by atoms with Gasteiger partial charge in [-0.15, -0.1) is 11.3 Å². The Kier molecular flexibility index (Phi) is 4.60. The molecule has 1 amide bonds. The van der Waals surface area contributed by atoms with Gasteiger partial charge in [0.15, 0.2) is 5.13 Å². The van der Waals surface area contributed by atoms with Crippen molar-refractivity contribution in [3.8, 4) is 17.0 Å². The first kappa shape index (κ1) is 17.2. The first-order valence-electron chi connectivity index (χ1n) is 8.55. The van der Waals surface area contributed by atoms with Crippen molar-refractivity contribution in [1.29, 1.82) is 0 Å². The molecule has 1 aromatic heterocycles. The van der Waals surface area contributed by atoms with Gasteiger partial charge in [-0.3, -0.25) is 10.1 Å². The highest BCUT2D eigenvalue weighted by molar-refractivity contribution is 7.14. The minimum Gasteiger partial charge on any atom is -0.496 e. The molecule has 0 aliphatic heterocycles. The molecule has 0 fully saturated rings. The highest BCUT2D eigenvalue weighted by Crippen LogP contribution is 2.29. The van der Waals surface area contributed by atoms with Gasteiger partial charge < -0.3 is 4.74 Å². The first-order chi connectivity index (χ1) is 13.2. The maximum Gasteiger partial charge on any atom is 0.261 e. The number of carbonyl (C=O) groups excluding carboxylic acids is 1. The molecular formula is C22H18N2O2S. The van der Waals surface area contributed by atoms with Crippen molar-refractivity contribution in [3.05, 3.63) is 77.2 Å². The number of nitrogens with zero attached hydrogens (tertiary/aromatic N) is 1. The molecule has 1 N–H and O–H groups in total. The van der Waals surface area contributed by atoms with Crippen LogP contribution in [0.15, 0.2) is 66.0 Å². The fraction of sp³-hybridized carbons (Fsp3) is 0.0909. The van der Waals surface area contributed by atoms with Crippen molar-refractivity contribution in [2.45, 2.75) is 6.92 Å². The Hall–Kier alpha value is -3.18. The molecule has 0 atom stereocenters. The van der Waals surface area contributed by atoms with Crippen molar-refractivity contribution in [2.75, 3.05) is 12.4 Å². The summed E-state index contributed by atoms with van der Waals surface area (Å²) in [6.45, 7) is 1.91. The summed E-state index contributed by atoms with van der Waals surface area (Å²) in [5.74, 6) is 0.358. The van der Waals surface area contributed by atoms with Gasteiger partial charge in [-0.1, -0.05) is 48.5 Å². The number of nitrogens with one attached hydrogen (secondary N) is 1. The number of ether oxygens (including phenoxy) is 1. The molecule has 0 spiro atoms. The van der Waals surface area contributed by atoms with Gasteiger partial charge in [0.05, 0.1) is 18.4 Å². The summed E-state index contributed by atoms with van der Waals surface area (Å²) in [7, 11) is 1.57. The van der Waals surface area contributed by atoms with E-state index < -0.39 is 0 Å². The van der Waals surface area contributed by atoms with Crippen LogP contribution in [0.3, 0.4) is 0 Å². The van der Waals surface area contributed by atoms with E-state index in [4.69, 9.17) is 4.74 Å². The van der Waals surface area contributed by atoms with Gasteiger partial charge in [0.25, 0.3) is 5.91 Å². The third-order valence-corrected chi connectivity index (χ3v) is 5.19. The molecule has 0 unspecified atom stereocenters. The predicted octanol–water partition coefficient (Wildman–Crippen LogP) is 5.53. The summed E-state index contributed by atoms with van der Waals surface area (Å²) >= 11 is 1.41. The van der Waals surface area contributed by atoms with Crippen LogP contribution in [0, 0.1) is 6.92 Å². The SMILES string of the molecule is COc1c(C)cccc1C(=O)Nc1nc(-c2ccc3ccccc3c2)cs1. The maximum absolute atomic E-state index is 12.6. The van der Waals surface area contributed by atoms with Crippen molar-refractivity contribution < 1.29 is 9.53 Å². The molecule has 27 heavy (non-hydrogen) atoms. The number of rotatable bonds is 4. The summed E-state index contributed by atoms with van der Waals surface area (Å²) in [4.78, 5) is 17.2. The Balaban J connectivity index is 1.59. The van der Waals surface area contributed by atoms with Gasteiger partial charge in [-0.2, -0.15) is 0 Å². The number of aromatic nitrogens is 1. The van der Waals surface area contributed by atoms with Crippen molar-refractivity contribution >= 4 is 33.1 Å². The van der Waals surface area contributed by atoms with E-state index in [1.165, 1.54) is 16.7 Å². The van der Waals surface area contributed by atoms with Crippen LogP contribution in [0.4, 0.5) is 5.13 Å². The lowest BCUT2D eigenvalue weighted by molar-refractivity contribution is 0.102. The number of hydrogen-bond donors (Lipinski definition) is 1. The summed E-state index contributed by atoms with van der Waals surface area (Å²) < 4.78 is 5.37. The smallest absolute Gasteiger partial charge is 0.261 e. The van der Waals surface area contributed by atoms with Gasteiger partial charge in [-0.25, -0.2) is 4.98 Å². The number of amides is 1. The van der Waals surface area contributed by atoms with E-state index in [1.807, 2.05) is 42.6 Å². The van der Waals surface area contributed by atoms with Gasteiger partial charge in [0.2, 0.25) is 0 Å². The van der Waals surface area contributed by atoms with Crippen LogP contribution in [0.5, 0.6) is 5.75 Å². The third-order valence-electron chi connectivity index (χ3n) is 4.43. The van der Waals surface area contributed by atoms with Crippen LogP contribution in [0.1, 0.15) is 15.9 Å². The minimum absolute atomic E-state index is 0.227. The monoisotopic (exact) mass is 374 g/mol. The average molecular weight is 374 g/mol. The Morgan fingerprint density at radius 2 is 1.85 bits per heavy atom. The number of anilines is 1. The normalized spacial score (nSPS) is 10.7. The van der Waals surface area contributed by atoms with Gasteiger partial charge >= 0.3 is 0 Å². The molecule has 4 aromatic rings. The predicted molar refractivity (Wildman–Crippen MR) is 111 cm³/mol. The van der Waals surface area contributed by atoms with Crippen LogP contribution in [0.25, 0.3) is 22.0 Å². The minimum atomic E-state index is -0.227. The zero-order valence-electron chi connectivity index (χ0n) is 15.0. The molecule has 3 aromatic carbocycles. The molecular weight excluding hydrogens is 356 g/mol. The number of benzene rings is 3. The standard InChI is InChI=1S/C22H18N2O2S/c1-14-6-5-9-18(20(14)26-2)21(25)24-22-23-19(13-27-22)17-11-10-15-7-3-4-8-16(15)12-17/h3-13H,1-2H3,(H,23,24,25). The lowest BCUT2D eigenvalue weighted by Gasteiger charge is -2.10. The van der Waals surface area contributed by atoms with Gasteiger partial charge in [-0.05, 0) is 35.4 Å². The van der Waals surface area contributed by atoms with Crippen molar-refractivity contribution in [3.63, 3.8) is 0 Å². The Bertz CT molecular complexity index is 1130. The number of para-hydroxylation sites is 1. The molecule has 4 rings (SSSR count). The highest BCUT2D eigenvalue weighted by Gasteiger charge is 2.15. The molecule has 0 aliphatic rings. The van der Waals surface area contributed by atoms with Gasteiger partial charge in [0, 0.05) is 10.9 Å². The fourth-order valence-electron chi connectivity index (χ4n) is 3.08. The third kappa shape index (κ3) is 3.41. The topological polar surface area (TPSA) is 51.2 Å². The highest BCUT2D eigenvalue weighted by atomic mass is 32.1. The Labute approximate surface area is 161 Å². The van der Waals surface area contributed by atoms with Crippen LogP contribution < -0.4 is 10.1 Å². The largest absolute Gasteiger partial charge is 0.496 e. The van der Waals surface area contributed by atoms with E-state index in [0.717, 1.165) is 22.2 Å². The average Bonchev–Trinajstić information content (AvgIpc) is 3.15. The summed E-state index contributed by atoms with van der Waals surface area (Å²) in [6, 6.07) is 20.0. The molecule has 0 saturated carbocycles. The van der Waals surface area contributed by atoms with E-state index in [-0.39, 0.29) is 5.91 Å². The van der Waals surface area contributed by atoms with E-state index in [1.54, 1.807) is 13.2 Å². The molecule has 4 nitrogen and oxygen atoms in total. The van der Waals surface area contributed by atoms with Crippen LogP contribution in [-0.2, 0) is 0 Å².